The van der Waals surface area contributed by atoms with Crippen molar-refractivity contribution in [1.29, 1.82) is 0 Å². The summed E-state index contributed by atoms with van der Waals surface area (Å²) in [4.78, 5) is 22.4. The van der Waals surface area contributed by atoms with E-state index in [-0.39, 0.29) is 12.3 Å². The van der Waals surface area contributed by atoms with Crippen molar-refractivity contribution in [1.82, 2.24) is 15.1 Å². The summed E-state index contributed by atoms with van der Waals surface area (Å²) >= 11 is 0. The van der Waals surface area contributed by atoms with Gasteiger partial charge in [0.1, 0.15) is 0 Å². The molecular weight excluding hydrogens is 318 g/mol. The number of nitrogens with one attached hydrogen (secondary N) is 1. The fourth-order valence-corrected chi connectivity index (χ4v) is 2.26. The standard InChI is InChI=1S/C18H19N5O2/c1-23(2)15-7-5-14(6-8-15)20-16(24)9-10-17-21-18(22-25-17)13-4-3-11-19-12-13/h3-8,11-12H,9-10H2,1-2H3,(H,20,24). The highest BCUT2D eigenvalue weighted by molar-refractivity contribution is 5.90. The summed E-state index contributed by atoms with van der Waals surface area (Å²) in [5.74, 6) is 0.804. The van der Waals surface area contributed by atoms with E-state index in [1.54, 1.807) is 18.5 Å². The fourth-order valence-electron chi connectivity index (χ4n) is 2.26. The predicted molar refractivity (Wildman–Crippen MR) is 95.2 cm³/mol. The minimum atomic E-state index is -0.0984. The molecule has 0 atom stereocenters. The number of anilines is 2. The van der Waals surface area contributed by atoms with E-state index in [1.165, 1.54) is 0 Å². The molecule has 1 aromatic carbocycles. The number of benzene rings is 1. The number of aromatic nitrogens is 3. The smallest absolute Gasteiger partial charge is 0.227 e. The molecule has 3 rings (SSSR count). The summed E-state index contributed by atoms with van der Waals surface area (Å²) in [6.07, 6.45) is 4.00. The summed E-state index contributed by atoms with van der Waals surface area (Å²) < 4.78 is 5.19. The number of carbonyl (C=O) groups excluding carboxylic acids is 1. The molecule has 0 saturated carbocycles. The second-order valence-corrected chi connectivity index (χ2v) is 5.74. The highest BCUT2D eigenvalue weighted by Gasteiger charge is 2.11. The average Bonchev–Trinajstić information content (AvgIpc) is 3.10. The summed E-state index contributed by atoms with van der Waals surface area (Å²) in [6.45, 7) is 0. The largest absolute Gasteiger partial charge is 0.378 e. The first-order valence-electron chi connectivity index (χ1n) is 7.92. The number of rotatable bonds is 6. The molecule has 25 heavy (non-hydrogen) atoms. The first-order chi connectivity index (χ1) is 12.1. The van der Waals surface area contributed by atoms with Crippen molar-refractivity contribution >= 4 is 17.3 Å². The third-order valence-corrected chi connectivity index (χ3v) is 3.62. The molecule has 7 nitrogen and oxygen atoms in total. The minimum Gasteiger partial charge on any atom is -0.378 e. The fraction of sp³-hybridized carbons (Fsp3) is 0.222. The molecule has 0 unspecified atom stereocenters. The van der Waals surface area contributed by atoms with Gasteiger partial charge in [-0.1, -0.05) is 5.16 Å². The van der Waals surface area contributed by atoms with E-state index in [1.807, 2.05) is 49.3 Å². The molecule has 0 fully saturated rings. The maximum atomic E-state index is 12.1. The van der Waals surface area contributed by atoms with Crippen molar-refractivity contribution in [3.8, 4) is 11.4 Å². The molecule has 2 heterocycles. The second kappa shape index (κ2) is 7.57. The van der Waals surface area contributed by atoms with Crippen LogP contribution < -0.4 is 10.2 Å². The molecule has 1 amide bonds. The van der Waals surface area contributed by atoms with Gasteiger partial charge in [0.15, 0.2) is 0 Å². The number of amides is 1. The Morgan fingerprint density at radius 1 is 1.20 bits per heavy atom. The molecule has 7 heteroatoms. The van der Waals surface area contributed by atoms with Gasteiger partial charge in [-0.25, -0.2) is 0 Å². The quantitative estimate of drug-likeness (QED) is 0.744. The lowest BCUT2D eigenvalue weighted by Gasteiger charge is -2.12. The van der Waals surface area contributed by atoms with E-state index in [4.69, 9.17) is 4.52 Å². The summed E-state index contributed by atoms with van der Waals surface area (Å²) in [5.41, 5.74) is 2.62. The number of pyridine rings is 1. The van der Waals surface area contributed by atoms with Crippen LogP contribution in [0.15, 0.2) is 53.3 Å². The van der Waals surface area contributed by atoms with Crippen LogP contribution in [0.4, 0.5) is 11.4 Å². The first kappa shape index (κ1) is 16.6. The summed E-state index contributed by atoms with van der Waals surface area (Å²) in [6, 6.07) is 11.3. The van der Waals surface area contributed by atoms with Crippen molar-refractivity contribution in [3.63, 3.8) is 0 Å². The Labute approximate surface area is 145 Å². The zero-order chi connectivity index (χ0) is 17.6. The number of hydrogen-bond donors (Lipinski definition) is 1. The Morgan fingerprint density at radius 2 is 2.00 bits per heavy atom. The monoisotopic (exact) mass is 337 g/mol. The van der Waals surface area contributed by atoms with Gasteiger partial charge in [0, 0.05) is 56.3 Å². The van der Waals surface area contributed by atoms with Crippen LogP contribution in [-0.4, -0.2) is 35.1 Å². The lowest BCUT2D eigenvalue weighted by Crippen LogP contribution is -2.13. The molecule has 128 valence electrons. The van der Waals surface area contributed by atoms with Crippen LogP contribution in [0, 0.1) is 0 Å². The Balaban J connectivity index is 1.53. The minimum absolute atomic E-state index is 0.0984. The normalized spacial score (nSPS) is 10.5. The van der Waals surface area contributed by atoms with E-state index in [9.17, 15) is 4.79 Å². The molecule has 0 aliphatic rings. The first-order valence-corrected chi connectivity index (χ1v) is 7.92. The number of aryl methyl sites for hydroxylation is 1. The van der Waals surface area contributed by atoms with Crippen molar-refractivity contribution in [2.75, 3.05) is 24.3 Å². The number of carbonyl (C=O) groups is 1. The average molecular weight is 337 g/mol. The molecule has 0 spiro atoms. The SMILES string of the molecule is CN(C)c1ccc(NC(=O)CCc2nc(-c3cccnc3)no2)cc1. The molecule has 0 bridgehead atoms. The third kappa shape index (κ3) is 4.41. The van der Waals surface area contributed by atoms with E-state index in [0.29, 0.717) is 18.1 Å². The second-order valence-electron chi connectivity index (χ2n) is 5.74. The van der Waals surface area contributed by atoms with Gasteiger partial charge in [-0.2, -0.15) is 4.98 Å². The Kier molecular flexibility index (Phi) is 5.03. The van der Waals surface area contributed by atoms with Gasteiger partial charge in [0.05, 0.1) is 0 Å². The number of nitrogens with zero attached hydrogens (tertiary/aromatic N) is 4. The predicted octanol–water partition coefficient (Wildman–Crippen LogP) is 2.77. The Morgan fingerprint density at radius 3 is 2.68 bits per heavy atom. The lowest BCUT2D eigenvalue weighted by atomic mass is 10.2. The molecular formula is C18H19N5O2. The molecule has 0 aliphatic heterocycles. The highest BCUT2D eigenvalue weighted by atomic mass is 16.5. The van der Waals surface area contributed by atoms with E-state index in [2.05, 4.69) is 20.4 Å². The van der Waals surface area contributed by atoms with Gasteiger partial charge in [-0.3, -0.25) is 9.78 Å². The van der Waals surface area contributed by atoms with Crippen molar-refractivity contribution < 1.29 is 9.32 Å². The van der Waals surface area contributed by atoms with Crippen LogP contribution in [0.1, 0.15) is 12.3 Å². The van der Waals surface area contributed by atoms with Crippen LogP contribution in [0.25, 0.3) is 11.4 Å². The molecule has 1 N–H and O–H groups in total. The molecule has 3 aromatic rings. The lowest BCUT2D eigenvalue weighted by molar-refractivity contribution is -0.116. The molecule has 0 aliphatic carbocycles. The van der Waals surface area contributed by atoms with Gasteiger partial charge in [0.2, 0.25) is 17.6 Å². The van der Waals surface area contributed by atoms with Crippen molar-refractivity contribution in [2.45, 2.75) is 12.8 Å². The van der Waals surface area contributed by atoms with Gasteiger partial charge in [0.25, 0.3) is 0 Å². The van der Waals surface area contributed by atoms with E-state index >= 15 is 0 Å². The van der Waals surface area contributed by atoms with E-state index in [0.717, 1.165) is 16.9 Å². The third-order valence-electron chi connectivity index (χ3n) is 3.62. The van der Waals surface area contributed by atoms with E-state index < -0.39 is 0 Å². The van der Waals surface area contributed by atoms with Crippen LogP contribution in [0.3, 0.4) is 0 Å². The van der Waals surface area contributed by atoms with Gasteiger partial charge in [-0.15, -0.1) is 0 Å². The van der Waals surface area contributed by atoms with Crippen molar-refractivity contribution in [3.05, 3.63) is 54.7 Å². The topological polar surface area (TPSA) is 84.2 Å². The Bertz CT molecular complexity index is 828. The zero-order valence-electron chi connectivity index (χ0n) is 14.1. The van der Waals surface area contributed by atoms with Crippen LogP contribution in [0.2, 0.25) is 0 Å². The van der Waals surface area contributed by atoms with Gasteiger partial charge < -0.3 is 14.7 Å². The summed E-state index contributed by atoms with van der Waals surface area (Å²) in [5, 5.41) is 6.77. The number of hydrogen-bond acceptors (Lipinski definition) is 6. The van der Waals surface area contributed by atoms with Gasteiger partial charge >= 0.3 is 0 Å². The highest BCUT2D eigenvalue weighted by Crippen LogP contribution is 2.17. The van der Waals surface area contributed by atoms with Gasteiger partial charge in [-0.05, 0) is 36.4 Å². The zero-order valence-corrected chi connectivity index (χ0v) is 14.1. The molecule has 2 aromatic heterocycles. The summed E-state index contributed by atoms with van der Waals surface area (Å²) in [7, 11) is 3.94. The Hall–Kier alpha value is -3.22. The van der Waals surface area contributed by atoms with Crippen LogP contribution >= 0.6 is 0 Å². The van der Waals surface area contributed by atoms with Crippen LogP contribution in [-0.2, 0) is 11.2 Å². The molecule has 0 radical (unpaired) electrons. The maximum absolute atomic E-state index is 12.1. The van der Waals surface area contributed by atoms with Crippen LogP contribution in [0.5, 0.6) is 0 Å². The molecule has 0 saturated heterocycles. The maximum Gasteiger partial charge on any atom is 0.227 e. The van der Waals surface area contributed by atoms with Crippen molar-refractivity contribution in [2.24, 2.45) is 0 Å².